The maximum atomic E-state index is 12.3. The average Bonchev–Trinajstić information content (AvgIpc) is 2.69. The molecule has 0 saturated heterocycles. The summed E-state index contributed by atoms with van der Waals surface area (Å²) in [6.07, 6.45) is 3.95. The fraction of sp³-hybridized carbons (Fsp3) is 0. The van der Waals surface area contributed by atoms with Gasteiger partial charge in [-0.05, 0) is 30.3 Å². The SMILES string of the molecule is O=C(Nc1ccccn1)c1cccc(NC(=O)c2nccnc2C(=O)O)c1. The van der Waals surface area contributed by atoms with Crippen LogP contribution in [0, 0.1) is 0 Å². The molecule has 134 valence electrons. The molecule has 2 aromatic heterocycles. The molecule has 3 aromatic rings. The second-order valence-electron chi connectivity index (χ2n) is 5.26. The van der Waals surface area contributed by atoms with Crippen molar-refractivity contribution in [1.29, 1.82) is 0 Å². The van der Waals surface area contributed by atoms with E-state index in [0.717, 1.165) is 0 Å². The van der Waals surface area contributed by atoms with Crippen LogP contribution in [0.15, 0.2) is 61.1 Å². The highest BCUT2D eigenvalue weighted by atomic mass is 16.4. The number of carbonyl (C=O) groups excluding carboxylic acids is 2. The topological polar surface area (TPSA) is 134 Å². The number of nitrogens with one attached hydrogen (secondary N) is 2. The molecule has 2 heterocycles. The van der Waals surface area contributed by atoms with Crippen molar-refractivity contribution >= 4 is 29.3 Å². The molecule has 0 saturated carbocycles. The molecule has 9 heteroatoms. The van der Waals surface area contributed by atoms with E-state index in [2.05, 4.69) is 25.6 Å². The third kappa shape index (κ3) is 4.28. The minimum Gasteiger partial charge on any atom is -0.476 e. The molecule has 3 N–H and O–H groups in total. The number of nitrogens with zero attached hydrogens (tertiary/aromatic N) is 3. The van der Waals surface area contributed by atoms with E-state index >= 15 is 0 Å². The fourth-order valence-corrected chi connectivity index (χ4v) is 2.21. The van der Waals surface area contributed by atoms with Gasteiger partial charge in [-0.1, -0.05) is 12.1 Å². The Kier molecular flexibility index (Phi) is 5.12. The van der Waals surface area contributed by atoms with Crippen molar-refractivity contribution in [1.82, 2.24) is 15.0 Å². The Balaban J connectivity index is 1.77. The number of hydrogen-bond donors (Lipinski definition) is 3. The van der Waals surface area contributed by atoms with Gasteiger partial charge in [0, 0.05) is 29.8 Å². The molecule has 0 aliphatic carbocycles. The third-order valence-corrected chi connectivity index (χ3v) is 3.41. The number of carbonyl (C=O) groups is 3. The maximum absolute atomic E-state index is 12.3. The zero-order valence-electron chi connectivity index (χ0n) is 13.8. The first-order valence-electron chi connectivity index (χ1n) is 7.72. The van der Waals surface area contributed by atoms with E-state index in [0.29, 0.717) is 11.5 Å². The number of anilines is 2. The molecule has 0 bridgehead atoms. The number of aromatic nitrogens is 3. The summed E-state index contributed by atoms with van der Waals surface area (Å²) in [6.45, 7) is 0. The van der Waals surface area contributed by atoms with Crippen LogP contribution in [0.1, 0.15) is 31.3 Å². The van der Waals surface area contributed by atoms with Crippen molar-refractivity contribution in [3.63, 3.8) is 0 Å². The molecule has 0 spiro atoms. The van der Waals surface area contributed by atoms with Crippen LogP contribution in [-0.2, 0) is 0 Å². The first-order chi connectivity index (χ1) is 13.0. The lowest BCUT2D eigenvalue weighted by Crippen LogP contribution is -2.20. The standard InChI is InChI=1S/C18H13N5O4/c24-16(23-13-6-1-2-7-19-13)11-4-3-5-12(10-11)22-17(25)14-15(18(26)27)21-9-8-20-14/h1-10H,(H,22,25)(H,26,27)(H,19,23,24). The minimum absolute atomic E-state index is 0.288. The first kappa shape index (κ1) is 17.7. The fourth-order valence-electron chi connectivity index (χ4n) is 2.21. The van der Waals surface area contributed by atoms with Crippen LogP contribution in [0.4, 0.5) is 11.5 Å². The van der Waals surface area contributed by atoms with Gasteiger partial charge in [0.2, 0.25) is 0 Å². The number of hydrogen-bond acceptors (Lipinski definition) is 6. The van der Waals surface area contributed by atoms with Gasteiger partial charge in [-0.3, -0.25) is 9.59 Å². The van der Waals surface area contributed by atoms with Crippen molar-refractivity contribution in [2.75, 3.05) is 10.6 Å². The van der Waals surface area contributed by atoms with Crippen molar-refractivity contribution in [2.24, 2.45) is 0 Å². The molecule has 0 aliphatic rings. The number of pyridine rings is 1. The lowest BCUT2D eigenvalue weighted by atomic mass is 10.2. The van der Waals surface area contributed by atoms with Gasteiger partial charge < -0.3 is 15.7 Å². The molecule has 0 unspecified atom stereocenters. The molecule has 0 fully saturated rings. The normalized spacial score (nSPS) is 10.1. The van der Waals surface area contributed by atoms with Crippen LogP contribution in [0.5, 0.6) is 0 Å². The highest BCUT2D eigenvalue weighted by molar-refractivity contribution is 6.09. The van der Waals surface area contributed by atoms with E-state index < -0.39 is 23.5 Å². The molecule has 3 rings (SSSR count). The summed E-state index contributed by atoms with van der Waals surface area (Å²) in [4.78, 5) is 47.2. The van der Waals surface area contributed by atoms with E-state index in [4.69, 9.17) is 5.11 Å². The van der Waals surface area contributed by atoms with E-state index in [-0.39, 0.29) is 11.3 Å². The van der Waals surface area contributed by atoms with E-state index in [1.807, 2.05) is 0 Å². The molecule has 0 radical (unpaired) electrons. The molecule has 0 aliphatic heterocycles. The zero-order valence-corrected chi connectivity index (χ0v) is 13.8. The predicted molar refractivity (Wildman–Crippen MR) is 95.6 cm³/mol. The Morgan fingerprint density at radius 1 is 0.778 bits per heavy atom. The summed E-state index contributed by atoms with van der Waals surface area (Å²) in [7, 11) is 0. The molecule has 0 atom stereocenters. The largest absolute Gasteiger partial charge is 0.476 e. The van der Waals surface area contributed by atoms with Crippen LogP contribution < -0.4 is 10.6 Å². The Morgan fingerprint density at radius 2 is 1.56 bits per heavy atom. The maximum Gasteiger partial charge on any atom is 0.356 e. The van der Waals surface area contributed by atoms with Gasteiger partial charge in [0.25, 0.3) is 11.8 Å². The van der Waals surface area contributed by atoms with Crippen LogP contribution in [0.2, 0.25) is 0 Å². The minimum atomic E-state index is -1.36. The van der Waals surface area contributed by atoms with Gasteiger partial charge in [-0.2, -0.15) is 0 Å². The molecular weight excluding hydrogens is 350 g/mol. The molecule has 9 nitrogen and oxygen atoms in total. The van der Waals surface area contributed by atoms with E-state index in [1.165, 1.54) is 18.5 Å². The third-order valence-electron chi connectivity index (χ3n) is 3.41. The van der Waals surface area contributed by atoms with Crippen molar-refractivity contribution in [3.05, 3.63) is 78.0 Å². The Labute approximate surface area is 153 Å². The lowest BCUT2D eigenvalue weighted by molar-refractivity contribution is 0.0684. The highest BCUT2D eigenvalue weighted by Crippen LogP contribution is 2.14. The number of benzene rings is 1. The summed E-state index contributed by atoms with van der Waals surface area (Å²) in [5.41, 5.74) is -0.195. The van der Waals surface area contributed by atoms with Crippen molar-refractivity contribution in [3.8, 4) is 0 Å². The van der Waals surface area contributed by atoms with Gasteiger partial charge in [0.1, 0.15) is 5.82 Å². The van der Waals surface area contributed by atoms with Gasteiger partial charge in [-0.15, -0.1) is 0 Å². The molecule has 1 aromatic carbocycles. The summed E-state index contributed by atoms with van der Waals surface area (Å²) in [6, 6.07) is 11.3. The number of carboxylic acids is 1. The average molecular weight is 363 g/mol. The summed E-state index contributed by atoms with van der Waals surface area (Å²) in [5.74, 6) is -2.13. The monoisotopic (exact) mass is 363 g/mol. The smallest absolute Gasteiger partial charge is 0.356 e. The van der Waals surface area contributed by atoms with Crippen molar-refractivity contribution < 1.29 is 19.5 Å². The second-order valence-corrected chi connectivity index (χ2v) is 5.26. The van der Waals surface area contributed by atoms with Crippen LogP contribution >= 0.6 is 0 Å². The number of rotatable bonds is 5. The molecule has 27 heavy (non-hydrogen) atoms. The van der Waals surface area contributed by atoms with Gasteiger partial charge in [0.15, 0.2) is 11.4 Å². The highest BCUT2D eigenvalue weighted by Gasteiger charge is 2.19. The Hall–Kier alpha value is -4.14. The van der Waals surface area contributed by atoms with Crippen LogP contribution in [0.25, 0.3) is 0 Å². The predicted octanol–water partition coefficient (Wildman–Crippen LogP) is 2.07. The summed E-state index contributed by atoms with van der Waals surface area (Å²) < 4.78 is 0. The second kappa shape index (κ2) is 7.83. The van der Waals surface area contributed by atoms with Crippen molar-refractivity contribution in [2.45, 2.75) is 0 Å². The lowest BCUT2D eigenvalue weighted by Gasteiger charge is -2.08. The van der Waals surface area contributed by atoms with Crippen LogP contribution in [-0.4, -0.2) is 37.8 Å². The number of aromatic carboxylic acids is 1. The molecular formula is C18H13N5O4. The van der Waals surface area contributed by atoms with E-state index in [9.17, 15) is 14.4 Å². The number of amides is 2. The van der Waals surface area contributed by atoms with Gasteiger partial charge in [0.05, 0.1) is 0 Å². The number of carboxylic acid groups (broad SMARTS) is 1. The zero-order chi connectivity index (χ0) is 19.2. The van der Waals surface area contributed by atoms with Crippen LogP contribution in [0.3, 0.4) is 0 Å². The van der Waals surface area contributed by atoms with E-state index in [1.54, 1.807) is 42.6 Å². The molecule has 2 amide bonds. The van der Waals surface area contributed by atoms with Gasteiger partial charge >= 0.3 is 5.97 Å². The summed E-state index contributed by atoms with van der Waals surface area (Å²) in [5, 5.41) is 14.2. The quantitative estimate of drug-likeness (QED) is 0.631. The first-order valence-corrected chi connectivity index (χ1v) is 7.72. The Bertz CT molecular complexity index is 1010. The van der Waals surface area contributed by atoms with Gasteiger partial charge in [-0.25, -0.2) is 19.7 Å². The Morgan fingerprint density at radius 3 is 2.26 bits per heavy atom. The summed E-state index contributed by atoms with van der Waals surface area (Å²) >= 11 is 0.